The molecule has 0 spiro atoms. The van der Waals surface area contributed by atoms with E-state index in [0.717, 1.165) is 5.56 Å². The topological polar surface area (TPSA) is 84.9 Å². The maximum Gasteiger partial charge on any atom is 0.407 e. The fourth-order valence-electron chi connectivity index (χ4n) is 1.72. The van der Waals surface area contributed by atoms with Gasteiger partial charge in [0.05, 0.1) is 12.2 Å². The minimum absolute atomic E-state index is 0.196. The van der Waals surface area contributed by atoms with Crippen LogP contribution in [0.1, 0.15) is 43.1 Å². The van der Waals surface area contributed by atoms with E-state index in [0.29, 0.717) is 25.3 Å². The van der Waals surface area contributed by atoms with Crippen LogP contribution in [0.4, 0.5) is 4.79 Å². The molecule has 1 aromatic carbocycles. The van der Waals surface area contributed by atoms with E-state index >= 15 is 0 Å². The van der Waals surface area contributed by atoms with Gasteiger partial charge in [0.2, 0.25) is 0 Å². The lowest BCUT2D eigenvalue weighted by Crippen LogP contribution is -2.33. The standard InChI is InChI=1S/C16H23NO5/c1-11-8-12(14(18)19)10-13(9-11)21-7-5-6-17-15(20)22-16(2,3)4/h8-10H,5-7H2,1-4H3,(H,17,20)(H,18,19). The molecule has 0 fully saturated rings. The number of ether oxygens (including phenoxy) is 2. The first-order valence-electron chi connectivity index (χ1n) is 7.12. The van der Waals surface area contributed by atoms with E-state index in [1.54, 1.807) is 32.9 Å². The van der Waals surface area contributed by atoms with Crippen molar-refractivity contribution < 1.29 is 24.2 Å². The van der Waals surface area contributed by atoms with Gasteiger partial charge in [-0.25, -0.2) is 9.59 Å². The van der Waals surface area contributed by atoms with Crippen LogP contribution >= 0.6 is 0 Å². The van der Waals surface area contributed by atoms with Gasteiger partial charge in [0.25, 0.3) is 0 Å². The molecule has 0 heterocycles. The number of alkyl carbamates (subject to hydrolysis) is 1. The normalized spacial score (nSPS) is 10.9. The summed E-state index contributed by atoms with van der Waals surface area (Å²) in [6.45, 7) is 8.00. The zero-order valence-corrected chi connectivity index (χ0v) is 13.4. The highest BCUT2D eigenvalue weighted by molar-refractivity contribution is 5.88. The van der Waals surface area contributed by atoms with Crippen LogP contribution in [0.3, 0.4) is 0 Å². The van der Waals surface area contributed by atoms with Gasteiger partial charge in [-0.1, -0.05) is 0 Å². The molecule has 0 aliphatic carbocycles. The van der Waals surface area contributed by atoms with Gasteiger partial charge in [-0.2, -0.15) is 0 Å². The van der Waals surface area contributed by atoms with Gasteiger partial charge in [0.15, 0.2) is 0 Å². The third-order valence-corrected chi connectivity index (χ3v) is 2.56. The molecular weight excluding hydrogens is 286 g/mol. The lowest BCUT2D eigenvalue weighted by molar-refractivity contribution is 0.0524. The predicted molar refractivity (Wildman–Crippen MR) is 82.5 cm³/mol. The van der Waals surface area contributed by atoms with Crippen molar-refractivity contribution in [1.29, 1.82) is 0 Å². The van der Waals surface area contributed by atoms with Crippen LogP contribution in [0, 0.1) is 6.92 Å². The average molecular weight is 309 g/mol. The lowest BCUT2D eigenvalue weighted by Gasteiger charge is -2.19. The van der Waals surface area contributed by atoms with Crippen molar-refractivity contribution in [2.24, 2.45) is 0 Å². The molecule has 0 unspecified atom stereocenters. The number of carbonyl (C=O) groups is 2. The van der Waals surface area contributed by atoms with Gasteiger partial charge >= 0.3 is 12.1 Å². The highest BCUT2D eigenvalue weighted by Crippen LogP contribution is 2.17. The van der Waals surface area contributed by atoms with E-state index in [2.05, 4.69) is 5.32 Å². The molecule has 122 valence electrons. The number of carboxylic acid groups (broad SMARTS) is 1. The molecule has 22 heavy (non-hydrogen) atoms. The van der Waals surface area contributed by atoms with E-state index in [1.165, 1.54) is 6.07 Å². The van der Waals surface area contributed by atoms with Gasteiger partial charge in [-0.3, -0.25) is 0 Å². The number of aromatic carboxylic acids is 1. The van der Waals surface area contributed by atoms with E-state index < -0.39 is 17.7 Å². The van der Waals surface area contributed by atoms with Crippen molar-refractivity contribution in [2.45, 2.75) is 39.7 Å². The van der Waals surface area contributed by atoms with Gasteiger partial charge in [-0.05, 0) is 57.9 Å². The predicted octanol–water partition coefficient (Wildman–Crippen LogP) is 2.99. The van der Waals surface area contributed by atoms with Gasteiger partial charge in [0, 0.05) is 6.54 Å². The molecule has 0 atom stereocenters. The highest BCUT2D eigenvalue weighted by Gasteiger charge is 2.15. The number of hydrogen-bond acceptors (Lipinski definition) is 4. The molecule has 6 heteroatoms. The number of nitrogens with one attached hydrogen (secondary N) is 1. The minimum Gasteiger partial charge on any atom is -0.493 e. The third kappa shape index (κ3) is 6.97. The van der Waals surface area contributed by atoms with Crippen molar-refractivity contribution in [3.8, 4) is 5.75 Å². The van der Waals surface area contributed by atoms with Crippen LogP contribution < -0.4 is 10.1 Å². The summed E-state index contributed by atoms with van der Waals surface area (Å²) in [7, 11) is 0. The molecule has 0 saturated heterocycles. The van der Waals surface area contributed by atoms with E-state index in [4.69, 9.17) is 14.6 Å². The first kappa shape index (κ1) is 17.8. The molecule has 0 aliphatic heterocycles. The number of aryl methyl sites for hydroxylation is 1. The van der Waals surface area contributed by atoms with Crippen LogP contribution in [0.25, 0.3) is 0 Å². The molecule has 0 saturated carbocycles. The fraction of sp³-hybridized carbons (Fsp3) is 0.500. The summed E-state index contributed by atoms with van der Waals surface area (Å²) in [4.78, 5) is 22.4. The molecule has 0 aliphatic rings. The number of carbonyl (C=O) groups excluding carboxylic acids is 1. The molecule has 6 nitrogen and oxygen atoms in total. The second-order valence-corrected chi connectivity index (χ2v) is 5.97. The second-order valence-electron chi connectivity index (χ2n) is 5.97. The largest absolute Gasteiger partial charge is 0.493 e. The average Bonchev–Trinajstić information content (AvgIpc) is 2.35. The Morgan fingerprint density at radius 2 is 1.91 bits per heavy atom. The molecule has 1 rings (SSSR count). The third-order valence-electron chi connectivity index (χ3n) is 2.56. The Balaban J connectivity index is 2.33. The van der Waals surface area contributed by atoms with Crippen LogP contribution in [0.15, 0.2) is 18.2 Å². The molecule has 0 aromatic heterocycles. The first-order chi connectivity index (χ1) is 10.2. The van der Waals surface area contributed by atoms with E-state index in [9.17, 15) is 9.59 Å². The summed E-state index contributed by atoms with van der Waals surface area (Å²) in [6, 6.07) is 4.84. The number of amides is 1. The first-order valence-corrected chi connectivity index (χ1v) is 7.12. The number of carboxylic acids is 1. The summed E-state index contributed by atoms with van der Waals surface area (Å²) < 4.78 is 10.6. The number of rotatable bonds is 6. The Bertz CT molecular complexity index is 534. The van der Waals surface area contributed by atoms with E-state index in [-0.39, 0.29) is 5.56 Å². The lowest BCUT2D eigenvalue weighted by atomic mass is 10.1. The Morgan fingerprint density at radius 1 is 1.23 bits per heavy atom. The Labute approximate surface area is 130 Å². The number of benzene rings is 1. The van der Waals surface area contributed by atoms with Crippen molar-refractivity contribution in [2.75, 3.05) is 13.2 Å². The summed E-state index contributed by atoms with van der Waals surface area (Å²) in [5.74, 6) is -0.477. The molecule has 0 bridgehead atoms. The zero-order valence-electron chi connectivity index (χ0n) is 13.4. The quantitative estimate of drug-likeness (QED) is 0.789. The van der Waals surface area contributed by atoms with Crippen molar-refractivity contribution >= 4 is 12.1 Å². The minimum atomic E-state index is -0.986. The SMILES string of the molecule is Cc1cc(OCCCNC(=O)OC(C)(C)C)cc(C(=O)O)c1. The van der Waals surface area contributed by atoms with Crippen molar-refractivity contribution in [1.82, 2.24) is 5.32 Å². The van der Waals surface area contributed by atoms with Crippen LogP contribution in [0.5, 0.6) is 5.75 Å². The van der Waals surface area contributed by atoms with Crippen LogP contribution in [-0.2, 0) is 4.74 Å². The Kier molecular flexibility index (Phi) is 6.22. The number of hydrogen-bond donors (Lipinski definition) is 2. The van der Waals surface area contributed by atoms with Crippen molar-refractivity contribution in [3.05, 3.63) is 29.3 Å². The maximum atomic E-state index is 11.4. The molecule has 1 aromatic rings. The van der Waals surface area contributed by atoms with Crippen LogP contribution in [-0.4, -0.2) is 35.9 Å². The van der Waals surface area contributed by atoms with Gasteiger partial charge in [-0.15, -0.1) is 0 Å². The zero-order chi connectivity index (χ0) is 16.8. The van der Waals surface area contributed by atoms with Gasteiger partial charge < -0.3 is 19.9 Å². The Hall–Kier alpha value is -2.24. The maximum absolute atomic E-state index is 11.4. The van der Waals surface area contributed by atoms with Crippen molar-refractivity contribution in [3.63, 3.8) is 0 Å². The smallest absolute Gasteiger partial charge is 0.407 e. The molecule has 1 amide bonds. The highest BCUT2D eigenvalue weighted by atomic mass is 16.6. The molecule has 2 N–H and O–H groups in total. The summed E-state index contributed by atoms with van der Waals surface area (Å²) >= 11 is 0. The molecule has 0 radical (unpaired) electrons. The Morgan fingerprint density at radius 3 is 2.50 bits per heavy atom. The summed E-state index contributed by atoms with van der Waals surface area (Å²) in [6.07, 6.45) is 0.131. The monoisotopic (exact) mass is 309 g/mol. The van der Waals surface area contributed by atoms with E-state index in [1.807, 2.05) is 6.92 Å². The second kappa shape index (κ2) is 7.68. The molecular formula is C16H23NO5. The van der Waals surface area contributed by atoms with Gasteiger partial charge in [0.1, 0.15) is 11.4 Å². The summed E-state index contributed by atoms with van der Waals surface area (Å²) in [5.41, 5.74) is 0.499. The fourth-order valence-corrected chi connectivity index (χ4v) is 1.72. The van der Waals surface area contributed by atoms with Crippen LogP contribution in [0.2, 0.25) is 0 Å². The summed E-state index contributed by atoms with van der Waals surface area (Å²) in [5, 5.41) is 11.6.